The number of pyridine rings is 1. The minimum Gasteiger partial charge on any atom is -1.00 e. The predicted octanol–water partition coefficient (Wildman–Crippen LogP) is 1.93. The molecule has 3 rings (SSSR count). The molecule has 1 aromatic heterocycles. The highest BCUT2D eigenvalue weighted by Crippen LogP contribution is 2.30. The molecule has 0 saturated heterocycles. The SMILES string of the molecule is Cc1ccccc1-c1[nH+]ccc2cc(C(C)(C)C)ccc12.[I-]. The predicted molar refractivity (Wildman–Crippen MR) is 89.4 cm³/mol. The van der Waals surface area contributed by atoms with Crippen LogP contribution in [0.1, 0.15) is 31.9 Å². The van der Waals surface area contributed by atoms with Crippen LogP contribution in [0.25, 0.3) is 22.0 Å². The fourth-order valence-electron chi connectivity index (χ4n) is 2.76. The lowest BCUT2D eigenvalue weighted by Gasteiger charge is -2.19. The Bertz CT molecular complexity index is 800. The summed E-state index contributed by atoms with van der Waals surface area (Å²) in [6.45, 7) is 8.92. The molecule has 0 atom stereocenters. The standard InChI is InChI=1S/C20H21N.HI/c1-14-7-5-6-8-17(14)19-18-10-9-16(20(2,3)4)13-15(18)11-12-21-19;/h5-13H,1-4H3;1H. The molecule has 0 fully saturated rings. The van der Waals surface area contributed by atoms with Crippen molar-refractivity contribution in [3.63, 3.8) is 0 Å². The second-order valence-electron chi connectivity index (χ2n) is 6.72. The zero-order valence-electron chi connectivity index (χ0n) is 13.6. The van der Waals surface area contributed by atoms with Gasteiger partial charge in [-0.15, -0.1) is 0 Å². The molecule has 2 aromatic carbocycles. The summed E-state index contributed by atoms with van der Waals surface area (Å²) in [6, 6.07) is 17.5. The van der Waals surface area contributed by atoms with Gasteiger partial charge in [0.1, 0.15) is 0 Å². The Morgan fingerprint density at radius 2 is 1.64 bits per heavy atom. The second-order valence-corrected chi connectivity index (χ2v) is 6.72. The highest BCUT2D eigenvalue weighted by atomic mass is 127. The summed E-state index contributed by atoms with van der Waals surface area (Å²) in [5.41, 5.74) is 5.31. The van der Waals surface area contributed by atoms with E-state index in [0.29, 0.717) is 0 Å². The number of aryl methyl sites for hydroxylation is 1. The molecule has 22 heavy (non-hydrogen) atoms. The summed E-state index contributed by atoms with van der Waals surface area (Å²) in [5.74, 6) is 0. The topological polar surface area (TPSA) is 14.1 Å². The summed E-state index contributed by atoms with van der Waals surface area (Å²) in [6.07, 6.45) is 2.04. The van der Waals surface area contributed by atoms with Gasteiger partial charge in [0.05, 0.1) is 5.39 Å². The van der Waals surface area contributed by atoms with E-state index in [9.17, 15) is 0 Å². The first-order valence-corrected chi connectivity index (χ1v) is 7.48. The van der Waals surface area contributed by atoms with Crippen LogP contribution in [0, 0.1) is 6.92 Å². The lowest BCUT2D eigenvalue weighted by Crippen LogP contribution is -3.00. The zero-order chi connectivity index (χ0) is 15.0. The first-order chi connectivity index (χ1) is 9.97. The lowest BCUT2D eigenvalue weighted by atomic mass is 9.85. The number of aromatic nitrogens is 1. The molecular weight excluding hydrogens is 381 g/mol. The fraction of sp³-hybridized carbons (Fsp3) is 0.250. The van der Waals surface area contributed by atoms with Crippen LogP contribution in [0.5, 0.6) is 0 Å². The molecule has 0 saturated carbocycles. The summed E-state index contributed by atoms with van der Waals surface area (Å²) in [7, 11) is 0. The summed E-state index contributed by atoms with van der Waals surface area (Å²) < 4.78 is 0. The van der Waals surface area contributed by atoms with Gasteiger partial charge in [-0.2, -0.15) is 0 Å². The van der Waals surface area contributed by atoms with Crippen LogP contribution in [0.2, 0.25) is 0 Å². The Morgan fingerprint density at radius 3 is 2.32 bits per heavy atom. The van der Waals surface area contributed by atoms with E-state index in [4.69, 9.17) is 0 Å². The molecule has 0 amide bonds. The van der Waals surface area contributed by atoms with Crippen molar-refractivity contribution in [3.05, 3.63) is 65.9 Å². The van der Waals surface area contributed by atoms with Crippen LogP contribution in [-0.2, 0) is 5.41 Å². The van der Waals surface area contributed by atoms with Crippen LogP contribution in [0.15, 0.2) is 54.7 Å². The Labute approximate surface area is 149 Å². The number of benzene rings is 2. The molecule has 0 spiro atoms. The van der Waals surface area contributed by atoms with Gasteiger partial charge in [0.2, 0.25) is 5.69 Å². The number of halogens is 1. The number of rotatable bonds is 1. The van der Waals surface area contributed by atoms with Gasteiger partial charge in [-0.05, 0) is 41.0 Å². The number of aromatic amines is 1. The van der Waals surface area contributed by atoms with Crippen molar-refractivity contribution in [2.75, 3.05) is 0 Å². The van der Waals surface area contributed by atoms with Gasteiger partial charge in [-0.25, -0.2) is 4.98 Å². The first-order valence-electron chi connectivity index (χ1n) is 7.48. The van der Waals surface area contributed by atoms with Gasteiger partial charge in [-0.3, -0.25) is 0 Å². The van der Waals surface area contributed by atoms with Gasteiger partial charge in [-0.1, -0.05) is 51.1 Å². The van der Waals surface area contributed by atoms with E-state index in [2.05, 4.69) is 81.2 Å². The van der Waals surface area contributed by atoms with Crippen molar-refractivity contribution in [3.8, 4) is 11.3 Å². The normalized spacial score (nSPS) is 11.3. The Hall–Kier alpha value is -1.42. The maximum atomic E-state index is 3.43. The molecule has 0 bridgehead atoms. The van der Waals surface area contributed by atoms with Crippen molar-refractivity contribution >= 4 is 10.8 Å². The molecule has 1 N–H and O–H groups in total. The van der Waals surface area contributed by atoms with E-state index in [1.165, 1.54) is 33.2 Å². The molecule has 0 aliphatic rings. The Morgan fingerprint density at radius 1 is 0.909 bits per heavy atom. The molecule has 0 aliphatic heterocycles. The minimum atomic E-state index is 0. The molecule has 114 valence electrons. The molecule has 1 nitrogen and oxygen atoms in total. The van der Waals surface area contributed by atoms with Gasteiger partial charge in [0, 0.05) is 11.6 Å². The van der Waals surface area contributed by atoms with Crippen LogP contribution in [-0.4, -0.2) is 0 Å². The van der Waals surface area contributed by atoms with E-state index in [0.717, 1.165) is 0 Å². The number of hydrogen-bond acceptors (Lipinski definition) is 0. The zero-order valence-corrected chi connectivity index (χ0v) is 15.7. The molecule has 0 unspecified atom stereocenters. The first kappa shape index (κ1) is 16.9. The Balaban J connectivity index is 0.00000176. The highest BCUT2D eigenvalue weighted by Gasteiger charge is 2.17. The van der Waals surface area contributed by atoms with Crippen molar-refractivity contribution in [1.82, 2.24) is 0 Å². The molecular formula is C20H22IN. The van der Waals surface area contributed by atoms with Crippen LogP contribution < -0.4 is 29.0 Å². The smallest absolute Gasteiger partial charge is 0.218 e. The third kappa shape index (κ3) is 3.17. The molecule has 0 aliphatic carbocycles. The highest BCUT2D eigenvalue weighted by molar-refractivity contribution is 5.93. The maximum absolute atomic E-state index is 3.43. The van der Waals surface area contributed by atoms with E-state index < -0.39 is 0 Å². The van der Waals surface area contributed by atoms with Gasteiger partial charge in [0.15, 0.2) is 6.20 Å². The van der Waals surface area contributed by atoms with Gasteiger partial charge >= 0.3 is 0 Å². The molecule has 0 radical (unpaired) electrons. The quantitative estimate of drug-likeness (QED) is 0.552. The summed E-state index contributed by atoms with van der Waals surface area (Å²) in [5, 5.41) is 2.57. The summed E-state index contributed by atoms with van der Waals surface area (Å²) >= 11 is 0. The second kappa shape index (κ2) is 6.37. The van der Waals surface area contributed by atoms with E-state index in [1.807, 2.05) is 6.20 Å². The number of hydrogen-bond donors (Lipinski definition) is 0. The number of H-pyrrole nitrogens is 1. The maximum Gasteiger partial charge on any atom is 0.218 e. The van der Waals surface area contributed by atoms with Crippen molar-refractivity contribution in [2.45, 2.75) is 33.1 Å². The van der Waals surface area contributed by atoms with E-state index in [1.54, 1.807) is 0 Å². The summed E-state index contributed by atoms with van der Waals surface area (Å²) in [4.78, 5) is 3.43. The van der Waals surface area contributed by atoms with Crippen LogP contribution >= 0.6 is 0 Å². The van der Waals surface area contributed by atoms with Crippen molar-refractivity contribution in [1.29, 1.82) is 0 Å². The van der Waals surface area contributed by atoms with Crippen molar-refractivity contribution in [2.24, 2.45) is 0 Å². The number of fused-ring (bicyclic) bond motifs is 1. The monoisotopic (exact) mass is 403 g/mol. The lowest BCUT2D eigenvalue weighted by molar-refractivity contribution is -0.362. The largest absolute Gasteiger partial charge is 1.00 e. The molecule has 2 heteroatoms. The molecule has 3 aromatic rings. The van der Waals surface area contributed by atoms with Crippen molar-refractivity contribution < 1.29 is 29.0 Å². The number of nitrogens with one attached hydrogen (secondary N) is 1. The average molecular weight is 403 g/mol. The fourth-order valence-corrected chi connectivity index (χ4v) is 2.76. The van der Waals surface area contributed by atoms with Crippen LogP contribution in [0.4, 0.5) is 0 Å². The average Bonchev–Trinajstić information content (AvgIpc) is 2.46. The van der Waals surface area contributed by atoms with Gasteiger partial charge in [0.25, 0.3) is 0 Å². The van der Waals surface area contributed by atoms with Crippen LogP contribution in [0.3, 0.4) is 0 Å². The van der Waals surface area contributed by atoms with E-state index >= 15 is 0 Å². The minimum absolute atomic E-state index is 0. The Kier molecular flexibility index (Phi) is 4.90. The third-order valence-corrected chi connectivity index (χ3v) is 4.09. The van der Waals surface area contributed by atoms with E-state index in [-0.39, 0.29) is 29.4 Å². The van der Waals surface area contributed by atoms with Gasteiger partial charge < -0.3 is 24.0 Å². The molecule has 1 heterocycles. The third-order valence-electron chi connectivity index (χ3n) is 4.09.